The highest BCUT2D eigenvalue weighted by atomic mass is 35.5. The first-order chi connectivity index (χ1) is 8.75. The summed E-state index contributed by atoms with van der Waals surface area (Å²) in [6.07, 6.45) is 5.11. The van der Waals surface area contributed by atoms with Gasteiger partial charge in [-0.25, -0.2) is 9.97 Å². The van der Waals surface area contributed by atoms with Crippen LogP contribution in [0.3, 0.4) is 0 Å². The number of nitrogens with one attached hydrogen (secondary N) is 2. The van der Waals surface area contributed by atoms with Crippen LogP contribution in [0.4, 0.5) is 0 Å². The van der Waals surface area contributed by atoms with E-state index in [0.717, 1.165) is 18.7 Å². The van der Waals surface area contributed by atoms with Gasteiger partial charge in [0, 0.05) is 25.4 Å². The highest BCUT2D eigenvalue weighted by Gasteiger charge is 2.06. The first-order valence-electron chi connectivity index (χ1n) is 5.65. The molecule has 2 aromatic heterocycles. The number of hydrogen-bond donors (Lipinski definition) is 2. The van der Waals surface area contributed by atoms with Crippen molar-refractivity contribution in [2.45, 2.75) is 12.8 Å². The minimum atomic E-state index is -0.211. The molecule has 0 saturated carbocycles. The Morgan fingerprint density at radius 3 is 3.06 bits per heavy atom. The van der Waals surface area contributed by atoms with E-state index in [2.05, 4.69) is 20.3 Å². The maximum Gasteiger partial charge on any atom is 0.269 e. The van der Waals surface area contributed by atoms with Gasteiger partial charge in [0.1, 0.15) is 16.7 Å². The van der Waals surface area contributed by atoms with Gasteiger partial charge in [0.2, 0.25) is 0 Å². The van der Waals surface area contributed by atoms with Crippen LogP contribution in [0.2, 0.25) is 5.15 Å². The Morgan fingerprint density at radius 2 is 2.33 bits per heavy atom. The third-order valence-electron chi connectivity index (χ3n) is 2.38. The van der Waals surface area contributed by atoms with Crippen molar-refractivity contribution in [3.8, 4) is 0 Å². The second kappa shape index (κ2) is 6.16. The molecule has 0 aromatic carbocycles. The SMILES string of the molecule is O=C(NCCCc1ncc[nH]1)c1cccc(Cl)n1. The van der Waals surface area contributed by atoms with Gasteiger partial charge in [-0.05, 0) is 18.6 Å². The number of halogens is 1. The molecule has 6 heteroatoms. The number of nitrogens with zero attached hydrogens (tertiary/aromatic N) is 2. The zero-order valence-electron chi connectivity index (χ0n) is 9.69. The van der Waals surface area contributed by atoms with Crippen LogP contribution >= 0.6 is 11.6 Å². The lowest BCUT2D eigenvalue weighted by atomic mass is 10.3. The van der Waals surface area contributed by atoms with Crippen LogP contribution in [0.1, 0.15) is 22.7 Å². The average molecular weight is 265 g/mol. The summed E-state index contributed by atoms with van der Waals surface area (Å²) in [5, 5.41) is 3.10. The van der Waals surface area contributed by atoms with Gasteiger partial charge in [-0.15, -0.1) is 0 Å². The minimum absolute atomic E-state index is 0.211. The summed E-state index contributed by atoms with van der Waals surface area (Å²) in [4.78, 5) is 22.8. The lowest BCUT2D eigenvalue weighted by Crippen LogP contribution is -2.25. The van der Waals surface area contributed by atoms with Gasteiger partial charge in [-0.3, -0.25) is 4.79 Å². The number of aryl methyl sites for hydroxylation is 1. The van der Waals surface area contributed by atoms with Crippen LogP contribution in [0, 0.1) is 0 Å². The molecule has 0 saturated heterocycles. The Bertz CT molecular complexity index is 513. The van der Waals surface area contributed by atoms with Gasteiger partial charge in [-0.1, -0.05) is 17.7 Å². The lowest BCUT2D eigenvalue weighted by molar-refractivity contribution is 0.0948. The van der Waals surface area contributed by atoms with E-state index in [0.29, 0.717) is 17.4 Å². The van der Waals surface area contributed by atoms with E-state index < -0.39 is 0 Å². The summed E-state index contributed by atoms with van der Waals surface area (Å²) in [7, 11) is 0. The van der Waals surface area contributed by atoms with Crippen molar-refractivity contribution >= 4 is 17.5 Å². The molecular weight excluding hydrogens is 252 g/mol. The number of pyridine rings is 1. The largest absolute Gasteiger partial charge is 0.351 e. The maximum atomic E-state index is 11.7. The number of aromatic nitrogens is 3. The van der Waals surface area contributed by atoms with Crippen LogP contribution in [-0.2, 0) is 6.42 Å². The molecule has 18 heavy (non-hydrogen) atoms. The molecule has 2 heterocycles. The number of carbonyl (C=O) groups excluding carboxylic acids is 1. The molecule has 94 valence electrons. The smallest absolute Gasteiger partial charge is 0.269 e. The fourth-order valence-corrected chi connectivity index (χ4v) is 1.68. The molecule has 0 atom stereocenters. The van der Waals surface area contributed by atoms with Gasteiger partial charge >= 0.3 is 0 Å². The first kappa shape index (κ1) is 12.6. The van der Waals surface area contributed by atoms with Gasteiger partial charge in [0.05, 0.1) is 0 Å². The number of carbonyl (C=O) groups is 1. The van der Waals surface area contributed by atoms with Crippen LogP contribution in [-0.4, -0.2) is 27.4 Å². The molecule has 0 aliphatic rings. The summed E-state index contributed by atoms with van der Waals surface area (Å²) in [6.45, 7) is 0.577. The monoisotopic (exact) mass is 264 g/mol. The predicted octanol–water partition coefficient (Wildman–Crippen LogP) is 1.82. The maximum absolute atomic E-state index is 11.7. The summed E-state index contributed by atoms with van der Waals surface area (Å²) < 4.78 is 0. The van der Waals surface area contributed by atoms with Crippen LogP contribution < -0.4 is 5.32 Å². The van der Waals surface area contributed by atoms with Crippen LogP contribution in [0.15, 0.2) is 30.6 Å². The van der Waals surface area contributed by atoms with Gasteiger partial charge in [0.25, 0.3) is 5.91 Å². The number of amides is 1. The molecule has 0 fully saturated rings. The van der Waals surface area contributed by atoms with E-state index in [4.69, 9.17) is 11.6 Å². The lowest BCUT2D eigenvalue weighted by Gasteiger charge is -2.04. The highest BCUT2D eigenvalue weighted by Crippen LogP contribution is 2.04. The summed E-state index contributed by atoms with van der Waals surface area (Å²) in [6, 6.07) is 4.97. The Hall–Kier alpha value is -1.88. The Labute approximate surface area is 110 Å². The van der Waals surface area contributed by atoms with E-state index in [1.165, 1.54) is 0 Å². The molecule has 1 amide bonds. The van der Waals surface area contributed by atoms with Crippen molar-refractivity contribution in [2.24, 2.45) is 0 Å². The molecule has 0 bridgehead atoms. The van der Waals surface area contributed by atoms with Gasteiger partial charge in [-0.2, -0.15) is 0 Å². The number of aromatic amines is 1. The molecule has 5 nitrogen and oxygen atoms in total. The van der Waals surface area contributed by atoms with Crippen molar-refractivity contribution in [1.29, 1.82) is 0 Å². The molecule has 2 rings (SSSR count). The van der Waals surface area contributed by atoms with Crippen molar-refractivity contribution < 1.29 is 4.79 Å². The van der Waals surface area contributed by atoms with E-state index in [1.807, 2.05) is 0 Å². The molecule has 0 unspecified atom stereocenters. The topological polar surface area (TPSA) is 70.7 Å². The van der Waals surface area contributed by atoms with E-state index >= 15 is 0 Å². The van der Waals surface area contributed by atoms with Gasteiger partial charge < -0.3 is 10.3 Å². The van der Waals surface area contributed by atoms with Crippen LogP contribution in [0.25, 0.3) is 0 Å². The third-order valence-corrected chi connectivity index (χ3v) is 2.59. The summed E-state index contributed by atoms with van der Waals surface area (Å²) in [5.74, 6) is 0.710. The zero-order valence-corrected chi connectivity index (χ0v) is 10.4. The normalized spacial score (nSPS) is 10.3. The summed E-state index contributed by atoms with van der Waals surface area (Å²) in [5.41, 5.74) is 0.334. The van der Waals surface area contributed by atoms with E-state index in [-0.39, 0.29) is 5.91 Å². The fraction of sp³-hybridized carbons (Fsp3) is 0.250. The number of rotatable bonds is 5. The van der Waals surface area contributed by atoms with E-state index in [9.17, 15) is 4.79 Å². The van der Waals surface area contributed by atoms with Crippen molar-refractivity contribution in [2.75, 3.05) is 6.54 Å². The molecule has 0 aliphatic heterocycles. The first-order valence-corrected chi connectivity index (χ1v) is 6.02. The van der Waals surface area contributed by atoms with Crippen molar-refractivity contribution in [3.05, 3.63) is 47.3 Å². The second-order valence-corrected chi connectivity index (χ2v) is 4.13. The van der Waals surface area contributed by atoms with Crippen molar-refractivity contribution in [1.82, 2.24) is 20.3 Å². The molecule has 0 aliphatic carbocycles. The average Bonchev–Trinajstić information content (AvgIpc) is 2.87. The third kappa shape index (κ3) is 3.56. The Kier molecular flexibility index (Phi) is 4.30. The Balaban J connectivity index is 1.75. The zero-order chi connectivity index (χ0) is 12.8. The quantitative estimate of drug-likeness (QED) is 0.639. The highest BCUT2D eigenvalue weighted by molar-refractivity contribution is 6.29. The number of hydrogen-bond acceptors (Lipinski definition) is 3. The molecule has 2 N–H and O–H groups in total. The number of imidazole rings is 1. The van der Waals surface area contributed by atoms with E-state index in [1.54, 1.807) is 30.6 Å². The number of H-pyrrole nitrogens is 1. The van der Waals surface area contributed by atoms with Gasteiger partial charge in [0.15, 0.2) is 0 Å². The Morgan fingerprint density at radius 1 is 1.44 bits per heavy atom. The summed E-state index contributed by atoms with van der Waals surface area (Å²) >= 11 is 5.71. The second-order valence-electron chi connectivity index (χ2n) is 3.74. The molecule has 0 radical (unpaired) electrons. The predicted molar refractivity (Wildman–Crippen MR) is 68.5 cm³/mol. The molecular formula is C12H13ClN4O. The van der Waals surface area contributed by atoms with Crippen molar-refractivity contribution in [3.63, 3.8) is 0 Å². The standard InChI is InChI=1S/C12H13ClN4O/c13-10-4-1-3-9(17-10)12(18)16-6-2-5-11-14-7-8-15-11/h1,3-4,7-8H,2,5-6H2,(H,14,15)(H,16,18). The molecule has 2 aromatic rings. The van der Waals surface area contributed by atoms with Crippen LogP contribution in [0.5, 0.6) is 0 Å². The molecule has 0 spiro atoms. The minimum Gasteiger partial charge on any atom is -0.351 e. The fourth-order valence-electron chi connectivity index (χ4n) is 1.52.